The molecule has 0 saturated heterocycles. The number of amides is 1. The summed E-state index contributed by atoms with van der Waals surface area (Å²) in [5.74, 6) is -0.257. The third-order valence-corrected chi connectivity index (χ3v) is 3.06. The molecule has 0 bridgehead atoms. The largest absolute Gasteiger partial charge is 0.480 e. The van der Waals surface area contributed by atoms with Crippen molar-refractivity contribution in [3.63, 3.8) is 0 Å². The predicted molar refractivity (Wildman–Crippen MR) is 82.2 cm³/mol. The highest BCUT2D eigenvalue weighted by Crippen LogP contribution is 2.08. The molecule has 5 heteroatoms. The molecule has 114 valence electrons. The summed E-state index contributed by atoms with van der Waals surface area (Å²) < 4.78 is 5.30. The second-order valence-electron chi connectivity index (χ2n) is 4.87. The Bertz CT molecular complexity index is 673. The molecule has 2 N–H and O–H groups in total. The van der Waals surface area contributed by atoms with Crippen molar-refractivity contribution in [2.75, 3.05) is 0 Å². The van der Waals surface area contributed by atoms with E-state index in [0.717, 1.165) is 11.3 Å². The van der Waals surface area contributed by atoms with Gasteiger partial charge in [0.1, 0.15) is 17.6 Å². The van der Waals surface area contributed by atoms with Crippen LogP contribution in [0.5, 0.6) is 0 Å². The number of carbonyl (C=O) groups is 2. The summed E-state index contributed by atoms with van der Waals surface area (Å²) in [7, 11) is 0. The van der Waals surface area contributed by atoms with Crippen LogP contribution in [-0.2, 0) is 16.0 Å². The molecule has 2 aromatic rings. The Labute approximate surface area is 128 Å². The van der Waals surface area contributed by atoms with E-state index in [1.165, 1.54) is 12.2 Å². The molecular weight excluding hydrogens is 282 g/mol. The average molecular weight is 299 g/mol. The summed E-state index contributed by atoms with van der Waals surface area (Å²) in [6.45, 7) is 1.80. The number of carbonyl (C=O) groups excluding carboxylic acids is 1. The molecule has 1 atom stereocenters. The van der Waals surface area contributed by atoms with Gasteiger partial charge in [-0.1, -0.05) is 30.3 Å². The Morgan fingerprint density at radius 3 is 2.55 bits per heavy atom. The first-order valence-corrected chi connectivity index (χ1v) is 6.86. The number of carboxylic acids is 1. The van der Waals surface area contributed by atoms with Gasteiger partial charge in [0.05, 0.1) is 0 Å². The van der Waals surface area contributed by atoms with Crippen LogP contribution in [-0.4, -0.2) is 23.0 Å². The Morgan fingerprint density at radius 1 is 1.23 bits per heavy atom. The zero-order valence-electron chi connectivity index (χ0n) is 12.2. The van der Waals surface area contributed by atoms with Crippen molar-refractivity contribution in [1.82, 2.24) is 5.32 Å². The van der Waals surface area contributed by atoms with Gasteiger partial charge in [-0.05, 0) is 30.7 Å². The lowest BCUT2D eigenvalue weighted by Gasteiger charge is -2.13. The van der Waals surface area contributed by atoms with E-state index in [1.807, 2.05) is 30.3 Å². The van der Waals surface area contributed by atoms with Crippen LogP contribution in [0.1, 0.15) is 17.1 Å². The first-order valence-electron chi connectivity index (χ1n) is 6.86. The quantitative estimate of drug-likeness (QED) is 0.803. The minimum atomic E-state index is -1.07. The van der Waals surface area contributed by atoms with Crippen molar-refractivity contribution in [3.05, 3.63) is 65.6 Å². The Hall–Kier alpha value is -2.82. The van der Waals surface area contributed by atoms with Crippen LogP contribution in [0.4, 0.5) is 0 Å². The first kappa shape index (κ1) is 15.6. The predicted octanol–water partition coefficient (Wildman–Crippen LogP) is 2.41. The average Bonchev–Trinajstić information content (AvgIpc) is 2.91. The van der Waals surface area contributed by atoms with E-state index >= 15 is 0 Å². The van der Waals surface area contributed by atoms with E-state index in [4.69, 9.17) is 4.42 Å². The summed E-state index contributed by atoms with van der Waals surface area (Å²) >= 11 is 0. The maximum Gasteiger partial charge on any atom is 0.326 e. The SMILES string of the molecule is Cc1ccc(/C=C/C(=O)N[C@H](Cc2ccccc2)C(=O)O)o1. The number of furan rings is 1. The molecule has 2 rings (SSSR count). The van der Waals surface area contributed by atoms with Crippen molar-refractivity contribution in [2.45, 2.75) is 19.4 Å². The summed E-state index contributed by atoms with van der Waals surface area (Å²) in [6.07, 6.45) is 3.00. The van der Waals surface area contributed by atoms with Crippen LogP contribution < -0.4 is 5.32 Å². The topological polar surface area (TPSA) is 79.5 Å². The van der Waals surface area contributed by atoms with Gasteiger partial charge >= 0.3 is 5.97 Å². The van der Waals surface area contributed by atoms with Gasteiger partial charge < -0.3 is 14.8 Å². The minimum Gasteiger partial charge on any atom is -0.480 e. The van der Waals surface area contributed by atoms with Gasteiger partial charge in [-0.2, -0.15) is 0 Å². The van der Waals surface area contributed by atoms with Crippen LogP contribution in [0.3, 0.4) is 0 Å². The van der Waals surface area contributed by atoms with E-state index < -0.39 is 17.9 Å². The number of nitrogens with one attached hydrogen (secondary N) is 1. The Kier molecular flexibility index (Phi) is 5.14. The van der Waals surface area contributed by atoms with Crippen LogP contribution in [0.2, 0.25) is 0 Å². The minimum absolute atomic E-state index is 0.232. The maximum absolute atomic E-state index is 11.8. The summed E-state index contributed by atoms with van der Waals surface area (Å²) in [5.41, 5.74) is 0.848. The number of hydrogen-bond acceptors (Lipinski definition) is 3. The van der Waals surface area contributed by atoms with Gasteiger partial charge in [0.15, 0.2) is 0 Å². The zero-order valence-corrected chi connectivity index (χ0v) is 12.2. The summed E-state index contributed by atoms with van der Waals surface area (Å²) in [6, 6.07) is 11.7. The van der Waals surface area contributed by atoms with Gasteiger partial charge in [-0.25, -0.2) is 4.79 Å². The van der Waals surface area contributed by atoms with E-state index in [9.17, 15) is 14.7 Å². The molecule has 0 fully saturated rings. The summed E-state index contributed by atoms with van der Waals surface area (Å²) in [4.78, 5) is 23.1. The lowest BCUT2D eigenvalue weighted by Crippen LogP contribution is -2.41. The van der Waals surface area contributed by atoms with Crippen molar-refractivity contribution in [1.29, 1.82) is 0 Å². The molecule has 5 nitrogen and oxygen atoms in total. The highest BCUT2D eigenvalue weighted by Gasteiger charge is 2.19. The number of aliphatic carboxylic acids is 1. The highest BCUT2D eigenvalue weighted by molar-refractivity contribution is 5.94. The molecular formula is C17H17NO4. The molecule has 1 aromatic carbocycles. The lowest BCUT2D eigenvalue weighted by atomic mass is 10.1. The zero-order chi connectivity index (χ0) is 15.9. The molecule has 0 aliphatic heterocycles. The second kappa shape index (κ2) is 7.26. The molecule has 0 radical (unpaired) electrons. The van der Waals surface area contributed by atoms with Gasteiger partial charge in [0.25, 0.3) is 0 Å². The van der Waals surface area contributed by atoms with Gasteiger partial charge in [0, 0.05) is 12.5 Å². The fourth-order valence-electron chi connectivity index (χ4n) is 1.97. The smallest absolute Gasteiger partial charge is 0.326 e. The molecule has 0 aliphatic carbocycles. The first-order chi connectivity index (χ1) is 10.5. The van der Waals surface area contributed by atoms with Gasteiger partial charge in [0.2, 0.25) is 5.91 Å². The monoisotopic (exact) mass is 299 g/mol. The fourth-order valence-corrected chi connectivity index (χ4v) is 1.97. The van der Waals surface area contributed by atoms with E-state index in [-0.39, 0.29) is 6.42 Å². The Balaban J connectivity index is 1.97. The molecule has 1 aromatic heterocycles. The molecule has 1 heterocycles. The molecule has 0 unspecified atom stereocenters. The number of rotatable bonds is 6. The second-order valence-corrected chi connectivity index (χ2v) is 4.87. The number of carboxylic acid groups (broad SMARTS) is 1. The van der Waals surface area contributed by atoms with E-state index in [0.29, 0.717) is 5.76 Å². The van der Waals surface area contributed by atoms with Crippen molar-refractivity contribution in [2.24, 2.45) is 0 Å². The molecule has 0 spiro atoms. The molecule has 0 saturated carbocycles. The maximum atomic E-state index is 11.8. The standard InChI is InChI=1S/C17H17NO4/c1-12-7-8-14(22-12)9-10-16(19)18-15(17(20)21)11-13-5-3-2-4-6-13/h2-10,15H,11H2,1H3,(H,18,19)(H,20,21)/b10-9+/t15-/m1/s1. The van der Waals surface area contributed by atoms with Crippen LogP contribution >= 0.6 is 0 Å². The normalized spacial score (nSPS) is 12.2. The van der Waals surface area contributed by atoms with Crippen molar-refractivity contribution in [3.8, 4) is 0 Å². The molecule has 0 aliphatic rings. The highest BCUT2D eigenvalue weighted by atomic mass is 16.4. The fraction of sp³-hybridized carbons (Fsp3) is 0.176. The van der Waals surface area contributed by atoms with E-state index in [2.05, 4.69) is 5.32 Å². The van der Waals surface area contributed by atoms with Crippen LogP contribution in [0.15, 0.2) is 53.0 Å². The summed E-state index contributed by atoms with van der Waals surface area (Å²) in [5, 5.41) is 11.7. The number of hydrogen-bond donors (Lipinski definition) is 2. The van der Waals surface area contributed by atoms with Gasteiger partial charge in [-0.15, -0.1) is 0 Å². The third kappa shape index (κ3) is 4.63. The Morgan fingerprint density at radius 2 is 1.95 bits per heavy atom. The molecule has 1 amide bonds. The number of benzene rings is 1. The van der Waals surface area contributed by atoms with Crippen LogP contribution in [0.25, 0.3) is 6.08 Å². The molecule has 22 heavy (non-hydrogen) atoms. The lowest BCUT2D eigenvalue weighted by molar-refractivity contribution is -0.141. The number of aryl methyl sites for hydroxylation is 1. The third-order valence-electron chi connectivity index (χ3n) is 3.06. The van der Waals surface area contributed by atoms with Gasteiger partial charge in [-0.3, -0.25) is 4.79 Å². The van der Waals surface area contributed by atoms with Crippen molar-refractivity contribution < 1.29 is 19.1 Å². The van der Waals surface area contributed by atoms with E-state index in [1.54, 1.807) is 19.1 Å². The van der Waals surface area contributed by atoms with Crippen molar-refractivity contribution >= 4 is 18.0 Å². The van der Waals surface area contributed by atoms with Crippen LogP contribution in [0, 0.1) is 6.92 Å².